The predicted molar refractivity (Wildman–Crippen MR) is 109 cm³/mol. The molecular formula is C19H29ClFN5O. The molecule has 0 aliphatic carbocycles. The number of aliphatic imine (C=N–C) groups is 1. The van der Waals surface area contributed by atoms with Crippen LogP contribution in [0, 0.1) is 5.82 Å². The van der Waals surface area contributed by atoms with E-state index in [0.717, 1.165) is 44.6 Å². The number of nitrogens with zero attached hydrogens (tertiary/aromatic N) is 3. The number of carbonyl (C=O) groups excluding carboxylic acids is 1. The molecule has 0 aromatic heterocycles. The Hall–Kier alpha value is -2.02. The molecule has 150 valence electrons. The molecular weight excluding hydrogens is 369 g/mol. The first-order chi connectivity index (χ1) is 12.9. The van der Waals surface area contributed by atoms with Crippen molar-refractivity contribution in [3.05, 3.63) is 29.0 Å². The van der Waals surface area contributed by atoms with E-state index in [1.54, 1.807) is 20.2 Å². The molecule has 1 aromatic rings. The molecule has 1 atom stereocenters. The summed E-state index contributed by atoms with van der Waals surface area (Å²) in [5.41, 5.74) is 0.821. The fraction of sp³-hybridized carbons (Fsp3) is 0.579. The SMILES string of the molecule is CCCCNC(=NCC(=O)N(C)C)NC1CCN(c2ccc(Cl)c(F)c2)C1. The first-order valence-corrected chi connectivity index (χ1v) is 9.73. The van der Waals surface area contributed by atoms with Gasteiger partial charge in [-0.2, -0.15) is 0 Å². The van der Waals surface area contributed by atoms with E-state index in [4.69, 9.17) is 11.6 Å². The summed E-state index contributed by atoms with van der Waals surface area (Å²) in [6.07, 6.45) is 3.01. The molecule has 1 saturated heterocycles. The van der Waals surface area contributed by atoms with E-state index in [1.807, 2.05) is 6.07 Å². The zero-order valence-electron chi connectivity index (χ0n) is 16.3. The van der Waals surface area contributed by atoms with Gasteiger partial charge >= 0.3 is 0 Å². The number of halogens is 2. The van der Waals surface area contributed by atoms with Crippen LogP contribution in [0.25, 0.3) is 0 Å². The maximum Gasteiger partial charge on any atom is 0.243 e. The second-order valence-electron chi connectivity index (χ2n) is 6.91. The van der Waals surface area contributed by atoms with E-state index < -0.39 is 5.82 Å². The highest BCUT2D eigenvalue weighted by atomic mass is 35.5. The Morgan fingerprint density at radius 3 is 2.89 bits per heavy atom. The van der Waals surface area contributed by atoms with Crippen LogP contribution in [0.4, 0.5) is 10.1 Å². The third-order valence-corrected chi connectivity index (χ3v) is 4.80. The number of nitrogens with one attached hydrogen (secondary N) is 2. The lowest BCUT2D eigenvalue weighted by Gasteiger charge is -2.21. The average Bonchev–Trinajstić information content (AvgIpc) is 3.10. The molecule has 0 bridgehead atoms. The molecule has 1 aromatic carbocycles. The number of guanidine groups is 1. The number of hydrogen-bond acceptors (Lipinski definition) is 3. The Balaban J connectivity index is 1.96. The zero-order valence-corrected chi connectivity index (χ0v) is 17.0. The normalized spacial score (nSPS) is 17.1. The summed E-state index contributed by atoms with van der Waals surface area (Å²) in [6.45, 7) is 4.58. The fourth-order valence-corrected chi connectivity index (χ4v) is 2.93. The summed E-state index contributed by atoms with van der Waals surface area (Å²) < 4.78 is 13.7. The van der Waals surface area contributed by atoms with Gasteiger partial charge in [0, 0.05) is 45.5 Å². The molecule has 1 aliphatic heterocycles. The van der Waals surface area contributed by atoms with Crippen LogP contribution in [0.3, 0.4) is 0 Å². The Morgan fingerprint density at radius 2 is 2.22 bits per heavy atom. The van der Waals surface area contributed by atoms with Crippen LogP contribution in [-0.4, -0.2) is 63.1 Å². The first kappa shape index (κ1) is 21.3. The lowest BCUT2D eigenvalue weighted by molar-refractivity contribution is -0.127. The van der Waals surface area contributed by atoms with E-state index in [1.165, 1.54) is 11.0 Å². The van der Waals surface area contributed by atoms with Crippen LogP contribution in [0.5, 0.6) is 0 Å². The first-order valence-electron chi connectivity index (χ1n) is 9.35. The van der Waals surface area contributed by atoms with Crippen molar-refractivity contribution < 1.29 is 9.18 Å². The molecule has 0 spiro atoms. The Morgan fingerprint density at radius 1 is 1.44 bits per heavy atom. The van der Waals surface area contributed by atoms with Gasteiger partial charge in [-0.1, -0.05) is 24.9 Å². The Labute approximate surface area is 165 Å². The van der Waals surface area contributed by atoms with Gasteiger partial charge in [0.25, 0.3) is 0 Å². The second-order valence-corrected chi connectivity index (χ2v) is 7.31. The van der Waals surface area contributed by atoms with Gasteiger partial charge in [0.1, 0.15) is 12.4 Å². The highest BCUT2D eigenvalue weighted by molar-refractivity contribution is 6.30. The summed E-state index contributed by atoms with van der Waals surface area (Å²) >= 11 is 5.77. The summed E-state index contributed by atoms with van der Waals surface area (Å²) in [5.74, 6) is 0.195. The van der Waals surface area contributed by atoms with Crippen LogP contribution in [0.15, 0.2) is 23.2 Å². The highest BCUT2D eigenvalue weighted by Crippen LogP contribution is 2.25. The van der Waals surface area contributed by atoms with Crippen molar-refractivity contribution in [2.24, 2.45) is 4.99 Å². The molecule has 27 heavy (non-hydrogen) atoms. The molecule has 2 rings (SSSR count). The highest BCUT2D eigenvalue weighted by Gasteiger charge is 2.24. The van der Waals surface area contributed by atoms with E-state index >= 15 is 0 Å². The standard InChI is InChI=1S/C19H29ClFN5O/c1-4-5-9-22-19(23-12-18(27)25(2)3)24-14-8-10-26(13-14)15-6-7-16(20)17(21)11-15/h6-7,11,14H,4-5,8-10,12-13H2,1-3H3,(H2,22,23,24). The monoisotopic (exact) mass is 397 g/mol. The minimum Gasteiger partial charge on any atom is -0.369 e. The second kappa shape index (κ2) is 10.3. The predicted octanol–water partition coefficient (Wildman–Crippen LogP) is 2.48. The van der Waals surface area contributed by atoms with Crippen LogP contribution < -0.4 is 15.5 Å². The zero-order chi connectivity index (χ0) is 19.8. The number of anilines is 1. The van der Waals surface area contributed by atoms with Gasteiger partial charge in [0.05, 0.1) is 5.02 Å². The molecule has 1 aliphatic rings. The fourth-order valence-electron chi connectivity index (χ4n) is 2.81. The number of unbranched alkanes of at least 4 members (excludes halogenated alkanes) is 1. The lowest BCUT2D eigenvalue weighted by Crippen LogP contribution is -2.45. The lowest BCUT2D eigenvalue weighted by atomic mass is 10.2. The Bertz CT molecular complexity index is 668. The number of amides is 1. The van der Waals surface area contributed by atoms with Gasteiger partial charge in [-0.3, -0.25) is 4.79 Å². The van der Waals surface area contributed by atoms with Crippen molar-refractivity contribution in [2.75, 3.05) is 45.2 Å². The van der Waals surface area contributed by atoms with Crippen molar-refractivity contribution in [2.45, 2.75) is 32.2 Å². The van der Waals surface area contributed by atoms with Gasteiger partial charge in [-0.25, -0.2) is 9.38 Å². The summed E-state index contributed by atoms with van der Waals surface area (Å²) in [4.78, 5) is 19.9. The average molecular weight is 398 g/mol. The van der Waals surface area contributed by atoms with Crippen LogP contribution >= 0.6 is 11.6 Å². The van der Waals surface area contributed by atoms with E-state index in [0.29, 0.717) is 5.96 Å². The summed E-state index contributed by atoms with van der Waals surface area (Å²) in [5, 5.41) is 6.82. The smallest absolute Gasteiger partial charge is 0.243 e. The molecule has 0 saturated carbocycles. The topological polar surface area (TPSA) is 60.0 Å². The van der Waals surface area contributed by atoms with Crippen LogP contribution in [-0.2, 0) is 4.79 Å². The number of likely N-dealkylation sites (N-methyl/N-ethyl adjacent to an activating group) is 1. The third kappa shape index (κ3) is 6.57. The van der Waals surface area contributed by atoms with E-state index in [9.17, 15) is 9.18 Å². The van der Waals surface area contributed by atoms with Crippen molar-refractivity contribution >= 4 is 29.2 Å². The van der Waals surface area contributed by atoms with Crippen molar-refractivity contribution in [3.63, 3.8) is 0 Å². The quantitative estimate of drug-likeness (QED) is 0.421. The van der Waals surface area contributed by atoms with Crippen molar-refractivity contribution in [1.29, 1.82) is 0 Å². The molecule has 1 heterocycles. The van der Waals surface area contributed by atoms with Crippen LogP contribution in [0.2, 0.25) is 5.02 Å². The summed E-state index contributed by atoms with van der Waals surface area (Å²) in [7, 11) is 3.44. The number of benzene rings is 1. The molecule has 1 unspecified atom stereocenters. The number of carbonyl (C=O) groups is 1. The molecule has 0 radical (unpaired) electrons. The maximum absolute atomic E-state index is 13.7. The van der Waals surface area contributed by atoms with Crippen molar-refractivity contribution in [1.82, 2.24) is 15.5 Å². The van der Waals surface area contributed by atoms with E-state index in [-0.39, 0.29) is 23.5 Å². The molecule has 6 nitrogen and oxygen atoms in total. The maximum atomic E-state index is 13.7. The minimum atomic E-state index is -0.406. The van der Waals surface area contributed by atoms with Crippen LogP contribution in [0.1, 0.15) is 26.2 Å². The molecule has 1 amide bonds. The molecule has 2 N–H and O–H groups in total. The third-order valence-electron chi connectivity index (χ3n) is 4.49. The van der Waals surface area contributed by atoms with Gasteiger partial charge in [0.2, 0.25) is 5.91 Å². The van der Waals surface area contributed by atoms with Gasteiger partial charge < -0.3 is 20.4 Å². The largest absolute Gasteiger partial charge is 0.369 e. The van der Waals surface area contributed by atoms with Gasteiger partial charge in [0.15, 0.2) is 5.96 Å². The van der Waals surface area contributed by atoms with Gasteiger partial charge in [-0.05, 0) is 31.0 Å². The number of rotatable bonds is 7. The Kier molecular flexibility index (Phi) is 8.16. The summed E-state index contributed by atoms with van der Waals surface area (Å²) in [6, 6.07) is 5.05. The molecule has 8 heteroatoms. The van der Waals surface area contributed by atoms with Gasteiger partial charge in [-0.15, -0.1) is 0 Å². The van der Waals surface area contributed by atoms with E-state index in [2.05, 4.69) is 27.4 Å². The van der Waals surface area contributed by atoms with Crippen molar-refractivity contribution in [3.8, 4) is 0 Å². The molecule has 1 fully saturated rings. The number of hydrogen-bond donors (Lipinski definition) is 2. The minimum absolute atomic E-state index is 0.0451.